The van der Waals surface area contributed by atoms with Crippen LogP contribution in [-0.2, 0) is 11.0 Å². The molecule has 3 aromatic rings. The van der Waals surface area contributed by atoms with Gasteiger partial charge in [0.15, 0.2) is 5.82 Å². The Kier molecular flexibility index (Phi) is 4.13. The summed E-state index contributed by atoms with van der Waals surface area (Å²) in [4.78, 5) is 16.5. The normalized spacial score (nSPS) is 14.5. The third-order valence-electron chi connectivity index (χ3n) is 4.47. The number of rotatable bonds is 4. The number of fused-ring (bicyclic) bond motifs is 1. The van der Waals surface area contributed by atoms with Gasteiger partial charge in [0.2, 0.25) is 5.91 Å². The van der Waals surface area contributed by atoms with Crippen LogP contribution in [0.5, 0.6) is 0 Å². The highest BCUT2D eigenvalue weighted by molar-refractivity contribution is 5.94. The fourth-order valence-electron chi connectivity index (χ4n) is 2.99. The van der Waals surface area contributed by atoms with Crippen molar-refractivity contribution in [2.45, 2.75) is 25.4 Å². The van der Waals surface area contributed by atoms with E-state index in [4.69, 9.17) is 0 Å². The number of hydrogen-bond acceptors (Lipinski definition) is 2. The van der Waals surface area contributed by atoms with E-state index >= 15 is 0 Å². The van der Waals surface area contributed by atoms with Crippen molar-refractivity contribution in [2.24, 2.45) is 5.92 Å². The summed E-state index contributed by atoms with van der Waals surface area (Å²) >= 11 is 0. The number of halogens is 4. The summed E-state index contributed by atoms with van der Waals surface area (Å²) in [5, 5.41) is 2.67. The fourth-order valence-corrected chi connectivity index (χ4v) is 2.99. The van der Waals surface area contributed by atoms with E-state index in [0.29, 0.717) is 18.0 Å². The van der Waals surface area contributed by atoms with Crippen molar-refractivity contribution in [3.05, 3.63) is 54.0 Å². The minimum Gasteiger partial charge on any atom is -0.309 e. The molecule has 0 unspecified atom stereocenters. The summed E-state index contributed by atoms with van der Waals surface area (Å²) in [5.41, 5.74) is -0.114. The van der Waals surface area contributed by atoms with Crippen LogP contribution in [0.2, 0.25) is 0 Å². The lowest BCUT2D eigenvalue weighted by Gasteiger charge is -2.10. The monoisotopic (exact) mass is 377 g/mol. The van der Waals surface area contributed by atoms with Crippen LogP contribution < -0.4 is 5.32 Å². The third kappa shape index (κ3) is 3.65. The Morgan fingerprint density at radius 1 is 1.22 bits per heavy atom. The molecule has 1 aromatic carbocycles. The molecule has 2 aromatic heterocycles. The number of imidazole rings is 1. The number of anilines is 1. The summed E-state index contributed by atoms with van der Waals surface area (Å²) in [5.74, 6) is -0.361. The lowest BCUT2D eigenvalue weighted by atomic mass is 10.1. The van der Waals surface area contributed by atoms with Crippen molar-refractivity contribution in [2.75, 3.05) is 5.32 Å². The molecule has 2 heterocycles. The predicted molar refractivity (Wildman–Crippen MR) is 91.6 cm³/mol. The van der Waals surface area contributed by atoms with Crippen molar-refractivity contribution in [1.82, 2.24) is 9.38 Å². The van der Waals surface area contributed by atoms with E-state index in [0.717, 1.165) is 31.2 Å². The summed E-state index contributed by atoms with van der Waals surface area (Å²) in [7, 11) is 0. The molecular weight excluding hydrogens is 362 g/mol. The van der Waals surface area contributed by atoms with Crippen LogP contribution in [-0.4, -0.2) is 15.3 Å². The number of amides is 1. The zero-order chi connectivity index (χ0) is 19.2. The van der Waals surface area contributed by atoms with Gasteiger partial charge in [-0.1, -0.05) is 12.1 Å². The summed E-state index contributed by atoms with van der Waals surface area (Å²) in [6.45, 7) is 0. The molecule has 0 spiro atoms. The molecule has 1 fully saturated rings. The van der Waals surface area contributed by atoms with Gasteiger partial charge >= 0.3 is 6.18 Å². The molecule has 1 aliphatic carbocycles. The minimum atomic E-state index is -4.52. The van der Waals surface area contributed by atoms with Crippen LogP contribution >= 0.6 is 0 Å². The molecule has 1 aliphatic rings. The number of carbonyl (C=O) groups is 1. The van der Waals surface area contributed by atoms with Gasteiger partial charge in [-0.15, -0.1) is 0 Å². The number of hydrogen-bond donors (Lipinski definition) is 1. The van der Waals surface area contributed by atoms with E-state index in [1.165, 1.54) is 28.7 Å². The van der Waals surface area contributed by atoms with Crippen molar-refractivity contribution in [1.29, 1.82) is 0 Å². The molecule has 0 saturated heterocycles. The van der Waals surface area contributed by atoms with Crippen molar-refractivity contribution >= 4 is 17.4 Å². The van der Waals surface area contributed by atoms with Gasteiger partial charge < -0.3 is 5.32 Å². The lowest BCUT2D eigenvalue weighted by Crippen LogP contribution is -2.13. The molecule has 0 radical (unpaired) electrons. The van der Waals surface area contributed by atoms with Crippen LogP contribution in [0.4, 0.5) is 23.4 Å². The van der Waals surface area contributed by atoms with Crippen molar-refractivity contribution < 1.29 is 22.4 Å². The van der Waals surface area contributed by atoms with Gasteiger partial charge in [0.1, 0.15) is 11.5 Å². The second-order valence-corrected chi connectivity index (χ2v) is 6.66. The molecule has 1 N–H and O–H groups in total. The first kappa shape index (κ1) is 17.5. The van der Waals surface area contributed by atoms with Crippen LogP contribution in [0.3, 0.4) is 0 Å². The highest BCUT2D eigenvalue weighted by Gasteiger charge is 2.31. The lowest BCUT2D eigenvalue weighted by molar-refractivity contribution is -0.137. The highest BCUT2D eigenvalue weighted by atomic mass is 19.4. The second kappa shape index (κ2) is 6.37. The number of pyridine rings is 1. The average Bonchev–Trinajstić information content (AvgIpc) is 3.33. The first-order valence-corrected chi connectivity index (χ1v) is 8.46. The zero-order valence-corrected chi connectivity index (χ0v) is 14.1. The van der Waals surface area contributed by atoms with Gasteiger partial charge in [-0.3, -0.25) is 9.20 Å². The number of nitrogens with zero attached hydrogens (tertiary/aromatic N) is 2. The summed E-state index contributed by atoms with van der Waals surface area (Å²) in [6, 6.07) is 7.27. The van der Waals surface area contributed by atoms with E-state index in [1.54, 1.807) is 0 Å². The van der Waals surface area contributed by atoms with Gasteiger partial charge in [0.05, 0.1) is 11.3 Å². The van der Waals surface area contributed by atoms with Gasteiger partial charge in [0.25, 0.3) is 0 Å². The number of carbonyl (C=O) groups excluding carboxylic acids is 1. The van der Waals surface area contributed by atoms with E-state index in [9.17, 15) is 22.4 Å². The van der Waals surface area contributed by atoms with Crippen LogP contribution in [0, 0.1) is 11.7 Å². The molecule has 0 atom stereocenters. The molecule has 1 amide bonds. The SMILES string of the molecule is O=C(CC1CC1)Nc1nc2ccc(F)cn2c1-c1cccc(C(F)(F)F)c1. The first-order valence-electron chi connectivity index (χ1n) is 8.46. The Morgan fingerprint density at radius 2 is 2.00 bits per heavy atom. The van der Waals surface area contributed by atoms with E-state index in [2.05, 4.69) is 10.3 Å². The molecule has 140 valence electrons. The van der Waals surface area contributed by atoms with E-state index in [-0.39, 0.29) is 23.0 Å². The molecule has 4 rings (SSSR count). The zero-order valence-electron chi connectivity index (χ0n) is 14.1. The molecule has 8 heteroatoms. The number of alkyl halides is 3. The first-order chi connectivity index (χ1) is 12.8. The standard InChI is InChI=1S/C19H15F4N3O/c20-14-6-7-15-24-18(25-16(27)8-11-4-5-11)17(26(15)10-14)12-2-1-3-13(9-12)19(21,22)23/h1-3,6-7,9-11H,4-5,8H2,(H,25,27). The molecular formula is C19H15F4N3O. The van der Waals surface area contributed by atoms with Gasteiger partial charge in [-0.05, 0) is 43.0 Å². The second-order valence-electron chi connectivity index (χ2n) is 6.66. The number of nitrogens with one attached hydrogen (secondary N) is 1. The Morgan fingerprint density at radius 3 is 2.70 bits per heavy atom. The number of benzene rings is 1. The highest BCUT2D eigenvalue weighted by Crippen LogP contribution is 2.36. The molecule has 0 bridgehead atoms. The topological polar surface area (TPSA) is 46.4 Å². The third-order valence-corrected chi connectivity index (χ3v) is 4.47. The Bertz CT molecular complexity index is 1020. The maximum Gasteiger partial charge on any atom is 0.416 e. The Hall–Kier alpha value is -2.90. The molecule has 0 aliphatic heterocycles. The summed E-state index contributed by atoms with van der Waals surface area (Å²) < 4.78 is 54.4. The van der Waals surface area contributed by atoms with Gasteiger partial charge in [-0.2, -0.15) is 13.2 Å². The van der Waals surface area contributed by atoms with Crippen LogP contribution in [0.25, 0.3) is 16.9 Å². The summed E-state index contributed by atoms with van der Waals surface area (Å²) in [6.07, 6.45) is -1.07. The molecule has 4 nitrogen and oxygen atoms in total. The van der Waals surface area contributed by atoms with E-state index < -0.39 is 17.6 Å². The van der Waals surface area contributed by atoms with Crippen LogP contribution in [0.1, 0.15) is 24.8 Å². The number of aromatic nitrogens is 2. The van der Waals surface area contributed by atoms with Gasteiger partial charge in [-0.25, -0.2) is 9.37 Å². The van der Waals surface area contributed by atoms with Crippen molar-refractivity contribution in [3.8, 4) is 11.3 Å². The van der Waals surface area contributed by atoms with E-state index in [1.807, 2.05) is 0 Å². The molecule has 1 saturated carbocycles. The van der Waals surface area contributed by atoms with Crippen molar-refractivity contribution in [3.63, 3.8) is 0 Å². The quantitative estimate of drug-likeness (QED) is 0.658. The smallest absolute Gasteiger partial charge is 0.309 e. The average molecular weight is 377 g/mol. The molecule has 27 heavy (non-hydrogen) atoms. The minimum absolute atomic E-state index is 0.116. The van der Waals surface area contributed by atoms with Crippen LogP contribution in [0.15, 0.2) is 42.6 Å². The maximum absolute atomic E-state index is 13.7. The fraction of sp³-hybridized carbons (Fsp3) is 0.263. The Labute approximate surface area is 151 Å². The maximum atomic E-state index is 13.7. The van der Waals surface area contributed by atoms with Gasteiger partial charge in [0, 0.05) is 18.2 Å². The predicted octanol–water partition coefficient (Wildman–Crippen LogP) is 4.90. The largest absolute Gasteiger partial charge is 0.416 e. The Balaban J connectivity index is 1.82.